The topological polar surface area (TPSA) is 125 Å². The van der Waals surface area contributed by atoms with Gasteiger partial charge in [0.2, 0.25) is 0 Å². The molecule has 3 N–H and O–H groups in total. The van der Waals surface area contributed by atoms with Crippen LogP contribution in [-0.2, 0) is 16.9 Å². The Labute approximate surface area is 158 Å². The van der Waals surface area contributed by atoms with Gasteiger partial charge in [-0.3, -0.25) is 19.9 Å². The highest BCUT2D eigenvalue weighted by atomic mass is 16.3. The Morgan fingerprint density at radius 2 is 2.07 bits per heavy atom. The SMILES string of the molecule is O=C1NC(=O)C(CN2Cc3ccc(O)cc3C2=O)(c2cc3cnccc3o2)N1. The van der Waals surface area contributed by atoms with E-state index in [0.29, 0.717) is 16.5 Å². The Morgan fingerprint density at radius 1 is 1.21 bits per heavy atom. The number of hydrogen-bond donors (Lipinski definition) is 3. The van der Waals surface area contributed by atoms with E-state index < -0.39 is 17.5 Å². The van der Waals surface area contributed by atoms with Gasteiger partial charge in [0.15, 0.2) is 5.54 Å². The number of urea groups is 1. The van der Waals surface area contributed by atoms with Crippen molar-refractivity contribution in [2.45, 2.75) is 12.1 Å². The summed E-state index contributed by atoms with van der Waals surface area (Å²) >= 11 is 0. The molecule has 4 heterocycles. The number of fused-ring (bicyclic) bond motifs is 2. The lowest BCUT2D eigenvalue weighted by Crippen LogP contribution is -2.52. The number of nitrogens with one attached hydrogen (secondary N) is 2. The van der Waals surface area contributed by atoms with Crippen molar-refractivity contribution in [2.75, 3.05) is 6.54 Å². The van der Waals surface area contributed by atoms with Gasteiger partial charge in [0.25, 0.3) is 11.8 Å². The van der Waals surface area contributed by atoms with Crippen molar-refractivity contribution in [3.8, 4) is 5.75 Å². The lowest BCUT2D eigenvalue weighted by molar-refractivity contribution is -0.125. The Kier molecular flexibility index (Phi) is 3.24. The number of aromatic hydroxyl groups is 1. The summed E-state index contributed by atoms with van der Waals surface area (Å²) in [5.41, 5.74) is 0.0556. The number of carbonyl (C=O) groups is 3. The second kappa shape index (κ2) is 5.56. The number of furan rings is 1. The third-order valence-corrected chi connectivity index (χ3v) is 5.08. The van der Waals surface area contributed by atoms with Crippen molar-refractivity contribution in [1.29, 1.82) is 0 Å². The van der Waals surface area contributed by atoms with Crippen LogP contribution in [0.25, 0.3) is 11.0 Å². The molecule has 1 aromatic carbocycles. The molecule has 140 valence electrons. The molecule has 9 heteroatoms. The summed E-state index contributed by atoms with van der Waals surface area (Å²) in [6.07, 6.45) is 3.15. The van der Waals surface area contributed by atoms with E-state index in [1.807, 2.05) is 0 Å². The van der Waals surface area contributed by atoms with E-state index in [2.05, 4.69) is 15.6 Å². The molecule has 1 unspecified atom stereocenters. The molecule has 28 heavy (non-hydrogen) atoms. The fraction of sp³-hybridized carbons (Fsp3) is 0.158. The van der Waals surface area contributed by atoms with Crippen LogP contribution < -0.4 is 10.6 Å². The van der Waals surface area contributed by atoms with Crippen LogP contribution in [0.3, 0.4) is 0 Å². The van der Waals surface area contributed by atoms with Crippen LogP contribution in [0.5, 0.6) is 5.75 Å². The second-order valence-corrected chi connectivity index (χ2v) is 6.84. The number of aromatic nitrogens is 1. The lowest BCUT2D eigenvalue weighted by Gasteiger charge is -2.29. The summed E-state index contributed by atoms with van der Waals surface area (Å²) in [6, 6.07) is 7.18. The molecule has 1 fully saturated rings. The molecule has 9 nitrogen and oxygen atoms in total. The molecule has 1 atom stereocenters. The standard InChI is InChI=1S/C19H14N4O5/c24-12-2-1-10-8-23(16(25)13(10)6-12)9-19(17(26)21-18(27)22-19)15-5-11-7-20-4-3-14(11)28-15/h1-7,24H,8-9H2,(H2,21,22,26,27). The summed E-state index contributed by atoms with van der Waals surface area (Å²) in [4.78, 5) is 43.0. The van der Waals surface area contributed by atoms with E-state index in [9.17, 15) is 19.5 Å². The molecule has 3 aromatic rings. The first-order chi connectivity index (χ1) is 13.5. The summed E-state index contributed by atoms with van der Waals surface area (Å²) < 4.78 is 5.82. The van der Waals surface area contributed by atoms with Crippen LogP contribution in [0.15, 0.2) is 47.1 Å². The van der Waals surface area contributed by atoms with Crippen molar-refractivity contribution >= 4 is 28.8 Å². The molecule has 1 saturated heterocycles. The Hall–Kier alpha value is -3.88. The predicted molar refractivity (Wildman–Crippen MR) is 95.2 cm³/mol. The molecular formula is C19H14N4O5. The van der Waals surface area contributed by atoms with E-state index in [-0.39, 0.29) is 30.5 Å². The molecule has 2 aliphatic heterocycles. The fourth-order valence-corrected chi connectivity index (χ4v) is 3.71. The van der Waals surface area contributed by atoms with E-state index in [1.165, 1.54) is 17.0 Å². The average molecular weight is 378 g/mol. The van der Waals surface area contributed by atoms with Gasteiger partial charge in [0.05, 0.1) is 6.54 Å². The maximum Gasteiger partial charge on any atom is 0.322 e. The van der Waals surface area contributed by atoms with Gasteiger partial charge in [-0.2, -0.15) is 0 Å². The zero-order valence-corrected chi connectivity index (χ0v) is 14.4. The number of imide groups is 1. The predicted octanol–water partition coefficient (Wildman–Crippen LogP) is 1.22. The summed E-state index contributed by atoms with van der Waals surface area (Å²) in [6.45, 7) is 0.132. The first kappa shape index (κ1) is 16.3. The first-order valence-electron chi connectivity index (χ1n) is 8.55. The third kappa shape index (κ3) is 2.26. The molecule has 0 aliphatic carbocycles. The summed E-state index contributed by atoms with van der Waals surface area (Å²) in [7, 11) is 0. The van der Waals surface area contributed by atoms with Crippen molar-refractivity contribution in [3.63, 3.8) is 0 Å². The largest absolute Gasteiger partial charge is 0.508 e. The van der Waals surface area contributed by atoms with Gasteiger partial charge in [0, 0.05) is 29.9 Å². The normalized spacial score (nSPS) is 21.1. The molecule has 5 rings (SSSR count). The van der Waals surface area contributed by atoms with Crippen molar-refractivity contribution in [2.24, 2.45) is 0 Å². The molecule has 2 aliphatic rings. The maximum absolute atomic E-state index is 12.8. The van der Waals surface area contributed by atoms with E-state index in [4.69, 9.17) is 4.42 Å². The van der Waals surface area contributed by atoms with Gasteiger partial charge in [-0.1, -0.05) is 6.07 Å². The number of phenols is 1. The molecule has 4 amide bonds. The number of benzene rings is 1. The number of phenolic OH excluding ortho intramolecular Hbond substituents is 1. The maximum atomic E-state index is 12.8. The highest BCUT2D eigenvalue weighted by Crippen LogP contribution is 2.34. The lowest BCUT2D eigenvalue weighted by atomic mass is 9.95. The number of nitrogens with zero attached hydrogens (tertiary/aromatic N) is 2. The van der Waals surface area contributed by atoms with Gasteiger partial charge in [0.1, 0.15) is 17.1 Å². The Bertz CT molecular complexity index is 1140. The van der Waals surface area contributed by atoms with Gasteiger partial charge in [-0.05, 0) is 29.8 Å². The zero-order chi connectivity index (χ0) is 19.5. The molecule has 2 aromatic heterocycles. The van der Waals surface area contributed by atoms with Gasteiger partial charge < -0.3 is 19.7 Å². The zero-order valence-electron chi connectivity index (χ0n) is 14.4. The van der Waals surface area contributed by atoms with Crippen LogP contribution in [0, 0.1) is 0 Å². The number of hydrogen-bond acceptors (Lipinski definition) is 6. The molecule has 0 bridgehead atoms. The summed E-state index contributed by atoms with van der Waals surface area (Å²) in [5, 5.41) is 15.2. The van der Waals surface area contributed by atoms with E-state index in [0.717, 1.165) is 5.56 Å². The molecule has 0 saturated carbocycles. The highest BCUT2D eigenvalue weighted by molar-refractivity contribution is 6.08. The van der Waals surface area contributed by atoms with Crippen LogP contribution in [0.4, 0.5) is 4.79 Å². The minimum absolute atomic E-state index is 0.0136. The smallest absolute Gasteiger partial charge is 0.322 e. The van der Waals surface area contributed by atoms with Gasteiger partial charge in [-0.15, -0.1) is 0 Å². The van der Waals surface area contributed by atoms with Crippen LogP contribution in [-0.4, -0.2) is 39.4 Å². The number of carbonyl (C=O) groups excluding carboxylic acids is 3. The number of rotatable bonds is 3. The van der Waals surface area contributed by atoms with Gasteiger partial charge in [-0.25, -0.2) is 4.79 Å². The van der Waals surface area contributed by atoms with Crippen molar-refractivity contribution in [3.05, 3.63) is 59.6 Å². The van der Waals surface area contributed by atoms with Crippen LogP contribution >= 0.6 is 0 Å². The Balaban J connectivity index is 1.56. The molecule has 0 spiro atoms. The molecular weight excluding hydrogens is 364 g/mol. The highest BCUT2D eigenvalue weighted by Gasteiger charge is 2.53. The quantitative estimate of drug-likeness (QED) is 0.589. The van der Waals surface area contributed by atoms with Crippen LogP contribution in [0.2, 0.25) is 0 Å². The van der Waals surface area contributed by atoms with Gasteiger partial charge >= 0.3 is 6.03 Å². The van der Waals surface area contributed by atoms with Crippen LogP contribution in [0.1, 0.15) is 21.7 Å². The molecule has 0 radical (unpaired) electrons. The number of pyridine rings is 1. The Morgan fingerprint density at radius 3 is 2.82 bits per heavy atom. The second-order valence-electron chi connectivity index (χ2n) is 6.84. The van der Waals surface area contributed by atoms with Crippen molar-refractivity contribution < 1.29 is 23.9 Å². The number of amides is 4. The van der Waals surface area contributed by atoms with E-state index in [1.54, 1.807) is 30.6 Å². The summed E-state index contributed by atoms with van der Waals surface area (Å²) in [5.74, 6) is -0.737. The van der Waals surface area contributed by atoms with Crippen molar-refractivity contribution in [1.82, 2.24) is 20.5 Å². The minimum atomic E-state index is -1.56. The fourth-order valence-electron chi connectivity index (χ4n) is 3.71. The minimum Gasteiger partial charge on any atom is -0.508 e. The third-order valence-electron chi connectivity index (χ3n) is 5.08. The average Bonchev–Trinajstić information content (AvgIpc) is 3.31. The first-order valence-corrected chi connectivity index (χ1v) is 8.55. The monoisotopic (exact) mass is 378 g/mol. The van der Waals surface area contributed by atoms with E-state index >= 15 is 0 Å².